The fourth-order valence-corrected chi connectivity index (χ4v) is 1.98. The Morgan fingerprint density at radius 2 is 1.94 bits per heavy atom. The Morgan fingerprint density at radius 3 is 2.50 bits per heavy atom. The number of carbonyl (C=O) groups excluding carboxylic acids is 1. The van der Waals surface area contributed by atoms with Gasteiger partial charge in [0.1, 0.15) is 0 Å². The Kier molecular flexibility index (Phi) is 6.72. The van der Waals surface area contributed by atoms with Crippen LogP contribution in [0.15, 0.2) is 29.2 Å². The maximum atomic E-state index is 12.1. The molecule has 1 rings (SSSR count). The molecule has 1 aromatic carbocycles. The highest BCUT2D eigenvalue weighted by atomic mass is 32.2. The lowest BCUT2D eigenvalue weighted by molar-refractivity contribution is -0.116. The molecular weight excluding hydrogens is 256 g/mol. The Hall–Kier alpha value is -1.10. The third kappa shape index (κ3) is 6.00. The number of anilines is 1. The van der Waals surface area contributed by atoms with Crippen LogP contribution in [-0.2, 0) is 4.79 Å². The summed E-state index contributed by atoms with van der Waals surface area (Å²) in [6, 6.07) is 6.45. The molecule has 0 heterocycles. The van der Waals surface area contributed by atoms with Crippen molar-refractivity contribution in [2.45, 2.75) is 43.3 Å². The molecule has 0 radical (unpaired) electrons. The lowest BCUT2D eigenvalue weighted by atomic mass is 10.2. The number of amides is 1. The van der Waals surface area contributed by atoms with E-state index in [1.54, 1.807) is 24.3 Å². The maximum Gasteiger partial charge on any atom is 0.288 e. The molecule has 0 saturated carbocycles. The average Bonchev–Trinajstić information content (AvgIpc) is 2.31. The smallest absolute Gasteiger partial charge is 0.288 e. The second-order valence-electron chi connectivity index (χ2n) is 3.91. The number of hydrogen-bond acceptors (Lipinski definition) is 2. The Bertz CT molecular complexity index is 368. The Balaban J connectivity index is 2.40. The zero-order valence-electron chi connectivity index (χ0n) is 10.3. The molecule has 0 fully saturated rings. The van der Waals surface area contributed by atoms with Crippen LogP contribution in [0.5, 0.6) is 0 Å². The first-order valence-corrected chi connectivity index (χ1v) is 6.84. The quantitative estimate of drug-likeness (QED) is 0.584. The van der Waals surface area contributed by atoms with E-state index in [2.05, 4.69) is 12.2 Å². The van der Waals surface area contributed by atoms with Crippen LogP contribution >= 0.6 is 11.8 Å². The second-order valence-corrected chi connectivity index (χ2v) is 4.97. The summed E-state index contributed by atoms with van der Waals surface area (Å²) in [5.74, 6) is -2.45. The molecule has 100 valence electrons. The van der Waals surface area contributed by atoms with Crippen LogP contribution in [0.1, 0.15) is 32.6 Å². The van der Waals surface area contributed by atoms with Crippen molar-refractivity contribution in [2.75, 3.05) is 5.32 Å². The van der Waals surface area contributed by atoms with E-state index in [4.69, 9.17) is 0 Å². The van der Waals surface area contributed by atoms with Crippen molar-refractivity contribution < 1.29 is 13.6 Å². The number of thioether (sulfide) groups is 1. The Morgan fingerprint density at radius 1 is 1.28 bits per heavy atom. The molecule has 0 spiro atoms. The van der Waals surface area contributed by atoms with Gasteiger partial charge in [-0.1, -0.05) is 31.5 Å². The van der Waals surface area contributed by atoms with Gasteiger partial charge in [0.15, 0.2) is 0 Å². The normalized spacial score (nSPS) is 10.7. The number of benzene rings is 1. The molecule has 0 bridgehead atoms. The number of halogens is 2. The predicted octanol–water partition coefficient (Wildman–Crippen LogP) is 4.52. The number of carbonyl (C=O) groups is 1. The molecule has 1 N–H and O–H groups in total. The summed E-state index contributed by atoms with van der Waals surface area (Å²) in [4.78, 5) is 12.0. The highest BCUT2D eigenvalue weighted by Gasteiger charge is 2.06. The molecule has 0 aromatic heterocycles. The number of alkyl halides is 2. The molecule has 0 unspecified atom stereocenters. The topological polar surface area (TPSA) is 29.1 Å². The van der Waals surface area contributed by atoms with Gasteiger partial charge in [0.05, 0.1) is 0 Å². The lowest BCUT2D eigenvalue weighted by Gasteiger charge is -2.06. The van der Waals surface area contributed by atoms with Gasteiger partial charge in [-0.15, -0.1) is 0 Å². The number of hydrogen-bond donors (Lipinski definition) is 1. The first-order valence-electron chi connectivity index (χ1n) is 5.96. The van der Waals surface area contributed by atoms with E-state index in [1.165, 1.54) is 0 Å². The van der Waals surface area contributed by atoms with Crippen molar-refractivity contribution in [3.63, 3.8) is 0 Å². The molecule has 1 aromatic rings. The minimum absolute atomic E-state index is 0.0299. The van der Waals surface area contributed by atoms with Crippen LogP contribution < -0.4 is 5.32 Å². The molecule has 0 atom stereocenters. The van der Waals surface area contributed by atoms with Crippen molar-refractivity contribution in [1.82, 2.24) is 0 Å². The molecular formula is C13H17F2NOS. The fourth-order valence-electron chi connectivity index (χ4n) is 1.48. The first kappa shape index (κ1) is 15.0. The number of rotatable bonds is 7. The van der Waals surface area contributed by atoms with Gasteiger partial charge in [0, 0.05) is 17.0 Å². The zero-order chi connectivity index (χ0) is 13.4. The lowest BCUT2D eigenvalue weighted by Crippen LogP contribution is -2.10. The maximum absolute atomic E-state index is 12.1. The van der Waals surface area contributed by atoms with E-state index >= 15 is 0 Å². The van der Waals surface area contributed by atoms with Gasteiger partial charge in [0.25, 0.3) is 5.76 Å². The van der Waals surface area contributed by atoms with E-state index < -0.39 is 5.76 Å². The minimum Gasteiger partial charge on any atom is -0.326 e. The van der Waals surface area contributed by atoms with Crippen molar-refractivity contribution >= 4 is 23.4 Å². The number of unbranched alkanes of at least 4 members (excludes halogenated alkanes) is 2. The van der Waals surface area contributed by atoms with Crippen molar-refractivity contribution in [2.24, 2.45) is 0 Å². The molecule has 0 aliphatic rings. The molecule has 0 aliphatic carbocycles. The van der Waals surface area contributed by atoms with Gasteiger partial charge in [0.2, 0.25) is 5.91 Å². The van der Waals surface area contributed by atoms with Gasteiger partial charge in [-0.3, -0.25) is 4.79 Å². The highest BCUT2D eigenvalue weighted by molar-refractivity contribution is 7.99. The van der Waals surface area contributed by atoms with E-state index in [0.29, 0.717) is 28.8 Å². The largest absolute Gasteiger partial charge is 0.326 e. The van der Waals surface area contributed by atoms with E-state index in [1.807, 2.05) is 0 Å². The van der Waals surface area contributed by atoms with E-state index in [0.717, 1.165) is 19.3 Å². The van der Waals surface area contributed by atoms with E-state index in [-0.39, 0.29) is 5.91 Å². The Labute approximate surface area is 110 Å². The number of nitrogens with one attached hydrogen (secondary N) is 1. The van der Waals surface area contributed by atoms with Gasteiger partial charge >= 0.3 is 0 Å². The molecule has 5 heteroatoms. The monoisotopic (exact) mass is 273 g/mol. The molecule has 0 aliphatic heterocycles. The minimum atomic E-state index is -2.42. The molecule has 0 saturated heterocycles. The van der Waals surface area contributed by atoms with Crippen LogP contribution in [0.3, 0.4) is 0 Å². The first-order chi connectivity index (χ1) is 8.61. The van der Waals surface area contributed by atoms with Gasteiger partial charge < -0.3 is 5.32 Å². The van der Waals surface area contributed by atoms with Crippen LogP contribution in [0, 0.1) is 0 Å². The summed E-state index contributed by atoms with van der Waals surface area (Å²) < 4.78 is 24.2. The third-order valence-corrected chi connectivity index (χ3v) is 3.09. The van der Waals surface area contributed by atoms with Crippen molar-refractivity contribution in [1.29, 1.82) is 0 Å². The summed E-state index contributed by atoms with van der Waals surface area (Å²) in [6.07, 6.45) is 3.49. The van der Waals surface area contributed by atoms with E-state index in [9.17, 15) is 13.6 Å². The summed E-state index contributed by atoms with van der Waals surface area (Å²) in [5.41, 5.74) is 0.648. The summed E-state index contributed by atoms with van der Waals surface area (Å²) in [7, 11) is 0. The molecule has 18 heavy (non-hydrogen) atoms. The van der Waals surface area contributed by atoms with Crippen LogP contribution in [0.25, 0.3) is 0 Å². The molecule has 2 nitrogen and oxygen atoms in total. The van der Waals surface area contributed by atoms with Crippen molar-refractivity contribution in [3.05, 3.63) is 24.3 Å². The summed E-state index contributed by atoms with van der Waals surface area (Å²) in [5, 5.41) is 2.75. The summed E-state index contributed by atoms with van der Waals surface area (Å²) >= 11 is 0.497. The molecule has 1 amide bonds. The van der Waals surface area contributed by atoms with Crippen LogP contribution in [0.4, 0.5) is 14.5 Å². The standard InChI is InChI=1S/C13H17F2NOS/c1-2-3-4-5-12(17)16-10-6-8-11(9-7-10)18-13(14)15/h6-9,13H,2-5H2,1H3,(H,16,17). The van der Waals surface area contributed by atoms with Crippen LogP contribution in [-0.4, -0.2) is 11.7 Å². The van der Waals surface area contributed by atoms with Gasteiger partial charge in [-0.2, -0.15) is 8.78 Å². The predicted molar refractivity (Wildman–Crippen MR) is 71.1 cm³/mol. The van der Waals surface area contributed by atoms with Crippen molar-refractivity contribution in [3.8, 4) is 0 Å². The fraction of sp³-hybridized carbons (Fsp3) is 0.462. The van der Waals surface area contributed by atoms with Crippen LogP contribution in [0.2, 0.25) is 0 Å². The average molecular weight is 273 g/mol. The van der Waals surface area contributed by atoms with Gasteiger partial charge in [-0.05, 0) is 30.7 Å². The highest BCUT2D eigenvalue weighted by Crippen LogP contribution is 2.26. The second kappa shape index (κ2) is 8.08. The SMILES string of the molecule is CCCCCC(=O)Nc1ccc(SC(F)F)cc1. The summed E-state index contributed by atoms with van der Waals surface area (Å²) in [6.45, 7) is 2.08. The zero-order valence-corrected chi connectivity index (χ0v) is 11.1. The van der Waals surface area contributed by atoms with Gasteiger partial charge in [-0.25, -0.2) is 0 Å². The third-order valence-electron chi connectivity index (χ3n) is 2.37.